The molecule has 6 heavy (non-hydrogen) atoms. The van der Waals surface area contributed by atoms with Gasteiger partial charge in [-0.15, -0.1) is 0 Å². The zero-order chi connectivity index (χ0) is 5.91. The van der Waals surface area contributed by atoms with Gasteiger partial charge in [-0.05, 0) is 0 Å². The van der Waals surface area contributed by atoms with Crippen LogP contribution in [0.1, 0.15) is 20.8 Å². The molecule has 0 fully saturated rings. The van der Waals surface area contributed by atoms with Crippen LogP contribution in [0.25, 0.3) is 0 Å². The average molecular weight is 219 g/mol. The summed E-state index contributed by atoms with van der Waals surface area (Å²) in [6.07, 6.45) is 0. The first-order valence-corrected chi connectivity index (χ1v) is 5.22. The van der Waals surface area contributed by atoms with Gasteiger partial charge in [0.1, 0.15) is 0 Å². The van der Waals surface area contributed by atoms with Crippen molar-refractivity contribution in [2.45, 2.75) is 25.5 Å². The van der Waals surface area contributed by atoms with Gasteiger partial charge in [0.2, 0.25) is 0 Å². The molecule has 0 radical (unpaired) electrons. The van der Waals surface area contributed by atoms with Crippen molar-refractivity contribution in [2.75, 3.05) is 0 Å². The fourth-order valence-corrected chi connectivity index (χ4v) is 0. The van der Waals surface area contributed by atoms with Crippen molar-refractivity contribution in [3.05, 3.63) is 0 Å². The van der Waals surface area contributed by atoms with Crippen molar-refractivity contribution in [1.82, 2.24) is 0 Å². The molecule has 0 aliphatic heterocycles. The van der Waals surface area contributed by atoms with Gasteiger partial charge < -0.3 is 0 Å². The molecule has 0 saturated carbocycles. The summed E-state index contributed by atoms with van der Waals surface area (Å²) in [5.74, 6) is 0. The van der Waals surface area contributed by atoms with E-state index in [9.17, 15) is 0 Å². The van der Waals surface area contributed by atoms with E-state index in [1.807, 2.05) is 0 Å². The summed E-state index contributed by atoms with van der Waals surface area (Å²) in [7, 11) is 1.77. The van der Waals surface area contributed by atoms with Crippen molar-refractivity contribution in [3.63, 3.8) is 0 Å². The number of rotatable bonds is 1. The van der Waals surface area contributed by atoms with Gasteiger partial charge in [-0.25, -0.2) is 0 Å². The van der Waals surface area contributed by atoms with E-state index < -0.39 is 0 Å². The molecular formula is C4H10IS-. The Hall–Kier alpha value is 1.08. The topological polar surface area (TPSA) is 0 Å². The number of hydrogen-bond donors (Lipinski definition) is 0. The molecule has 0 N–H and O–H groups in total. The van der Waals surface area contributed by atoms with Gasteiger partial charge in [0.15, 0.2) is 0 Å². The predicted molar refractivity (Wildman–Crippen MR) is 28.7 cm³/mol. The van der Waals surface area contributed by atoms with Crippen LogP contribution < -0.4 is 21.0 Å². The Morgan fingerprint density at radius 2 is 2.17 bits per heavy atom. The molecule has 0 aliphatic rings. The zero-order valence-electron chi connectivity index (χ0n) is 5.29. The van der Waals surface area contributed by atoms with E-state index in [1.165, 1.54) is 0 Å². The van der Waals surface area contributed by atoms with Crippen molar-refractivity contribution in [1.29, 1.82) is 0.594 Å². The molecule has 0 aromatic carbocycles. The molecule has 0 aliphatic carbocycles. The maximum absolute atomic E-state index is 6.93. The van der Waals surface area contributed by atoms with Crippen molar-refractivity contribution in [2.24, 2.45) is 0 Å². The molecule has 0 atom stereocenters. The molecular weight excluding hydrogens is 207 g/mol. The molecule has 0 bridgehead atoms. The van der Waals surface area contributed by atoms with Crippen LogP contribution in [-0.4, -0.2) is 5.34 Å². The van der Waals surface area contributed by atoms with Crippen molar-refractivity contribution < 1.29 is 21.0 Å². The van der Waals surface area contributed by atoms with E-state index in [1.54, 1.807) is 8.93 Å². The Labute approximate surface area is 56.1 Å². The van der Waals surface area contributed by atoms with Crippen LogP contribution in [0.3, 0.4) is 0 Å². The molecule has 0 heterocycles. The summed E-state index contributed by atoms with van der Waals surface area (Å²) in [4.78, 5) is 0. The monoisotopic (exact) mass is 219 g/mol. The second kappa shape index (κ2) is 2.40. The van der Waals surface area contributed by atoms with Crippen LogP contribution in [0.4, 0.5) is 0 Å². The van der Waals surface area contributed by atoms with Crippen LogP contribution in [-0.2, 0) is 0 Å². The number of halogens is 1. The summed E-state index contributed by atoms with van der Waals surface area (Å²) in [6.45, 7) is 6.43. The molecule has 0 amide bonds. The third kappa shape index (κ3) is 5.08. The van der Waals surface area contributed by atoms with Crippen LogP contribution in [0.2, 0.25) is 0 Å². The summed E-state index contributed by atoms with van der Waals surface area (Å²) >= 11 is -0.316. The van der Waals surface area contributed by atoms with Crippen molar-refractivity contribution >= 4 is 8.93 Å². The van der Waals surface area contributed by atoms with Gasteiger partial charge in [-0.1, -0.05) is 0 Å². The summed E-state index contributed by atoms with van der Waals surface area (Å²) in [5, 5.41) is 0. The quantitative estimate of drug-likeness (QED) is 0.495. The van der Waals surface area contributed by atoms with E-state index in [4.69, 9.17) is 0.594 Å². The second-order valence-electron chi connectivity index (χ2n) is 2.19. The first-order valence-electron chi connectivity index (χ1n) is 2.24. The Bertz CT molecular complexity index is 50.1. The summed E-state index contributed by atoms with van der Waals surface area (Å²) < 4.78 is 7.26. The van der Waals surface area contributed by atoms with E-state index in [-0.39, 0.29) is 21.0 Å². The fourth-order valence-electron chi connectivity index (χ4n) is 0. The molecule has 0 aromatic rings. The van der Waals surface area contributed by atoms with Gasteiger partial charge in [0, 0.05) is 0 Å². The Kier molecular flexibility index (Phi) is 2.09. The second-order valence-corrected chi connectivity index (χ2v) is 4.89. The average Bonchev–Trinajstić information content (AvgIpc) is 1.30. The van der Waals surface area contributed by atoms with E-state index in [2.05, 4.69) is 20.8 Å². The minimum absolute atomic E-state index is 0.316. The van der Waals surface area contributed by atoms with Crippen LogP contribution >= 0.6 is 8.93 Å². The maximum atomic E-state index is 6.93. The van der Waals surface area contributed by atoms with E-state index >= 15 is 0 Å². The van der Waals surface area contributed by atoms with Crippen molar-refractivity contribution in [3.8, 4) is 0 Å². The standard InChI is InChI=1S/C4H10IS/c1-4(2,3)6-5/h5H,1-3H3/q-1/i5T. The normalized spacial score (nSPS) is 14.8. The molecule has 40 valence electrons. The van der Waals surface area contributed by atoms with Crippen LogP contribution in [0.5, 0.6) is 0 Å². The third-order valence-corrected chi connectivity index (χ3v) is 4.66. The van der Waals surface area contributed by atoms with Gasteiger partial charge in [0.05, 0.1) is 0 Å². The van der Waals surface area contributed by atoms with Gasteiger partial charge >= 0.3 is 56.1 Å². The minimum atomic E-state index is -0.316. The SMILES string of the molecule is [3H][I-]SC(C)(C)C. The predicted octanol–water partition coefficient (Wildman–Crippen LogP) is -1.28. The van der Waals surface area contributed by atoms with Crippen LogP contribution in [0, 0.1) is 0 Å². The Morgan fingerprint density at radius 3 is 2.17 bits per heavy atom. The molecule has 0 spiro atoms. The first-order chi connectivity index (χ1) is 3.06. The van der Waals surface area contributed by atoms with Gasteiger partial charge in [-0.2, -0.15) is 0 Å². The van der Waals surface area contributed by atoms with Gasteiger partial charge in [-0.3, -0.25) is 0 Å². The van der Waals surface area contributed by atoms with Gasteiger partial charge in [0.25, 0.3) is 0 Å². The summed E-state index contributed by atoms with van der Waals surface area (Å²) in [5.41, 5.74) is 0. The van der Waals surface area contributed by atoms with Crippen LogP contribution in [0.15, 0.2) is 0 Å². The Balaban J connectivity index is 3.15. The third-order valence-electron chi connectivity index (χ3n) is 0.231. The van der Waals surface area contributed by atoms with E-state index in [0.717, 1.165) is 0 Å². The fraction of sp³-hybridized carbons (Fsp3) is 1.00. The van der Waals surface area contributed by atoms with E-state index in [0.29, 0.717) is 4.75 Å². The molecule has 0 unspecified atom stereocenters. The zero-order valence-corrected chi connectivity index (χ0v) is 7.26. The molecule has 0 saturated heterocycles. The first kappa shape index (κ1) is 5.22. The summed E-state index contributed by atoms with van der Waals surface area (Å²) in [6, 6.07) is 0. The molecule has 2 heteroatoms. The number of hydrogen-bond acceptors (Lipinski definition) is 1. The Morgan fingerprint density at radius 1 is 1.67 bits per heavy atom. The molecule has 0 rings (SSSR count). The molecule has 0 aromatic heterocycles. The molecule has 0 nitrogen and oxygen atoms in total.